The molecular weight excluding hydrogens is 623 g/mol. The zero-order chi connectivity index (χ0) is 33.8. The summed E-state index contributed by atoms with van der Waals surface area (Å²) in [7, 11) is 0. The van der Waals surface area contributed by atoms with E-state index in [1.165, 1.54) is 66.1 Å². The highest BCUT2D eigenvalue weighted by Crippen LogP contribution is 2.57. The van der Waals surface area contributed by atoms with E-state index in [4.69, 9.17) is 9.47 Å². The summed E-state index contributed by atoms with van der Waals surface area (Å²) >= 11 is 0. The molecule has 0 saturated heterocycles. The van der Waals surface area contributed by atoms with E-state index >= 15 is 0 Å². The molecule has 0 radical (unpaired) electrons. The van der Waals surface area contributed by atoms with Crippen molar-refractivity contribution in [1.82, 2.24) is 0 Å². The molecule has 3 nitrogen and oxygen atoms in total. The van der Waals surface area contributed by atoms with Gasteiger partial charge in [0.15, 0.2) is 11.5 Å². The first-order chi connectivity index (χ1) is 25.1. The Hall–Kier alpha value is -6.32. The van der Waals surface area contributed by atoms with E-state index in [-0.39, 0.29) is 12.2 Å². The Balaban J connectivity index is 1.24. The van der Waals surface area contributed by atoms with E-state index in [0.717, 1.165) is 39.7 Å². The Labute approximate surface area is 297 Å². The van der Waals surface area contributed by atoms with Gasteiger partial charge in [-0.1, -0.05) is 129 Å². The predicted molar refractivity (Wildman–Crippen MR) is 210 cm³/mol. The minimum atomic E-state index is -0.218. The Morgan fingerprint density at radius 1 is 0.490 bits per heavy atom. The molecule has 0 spiro atoms. The number of ether oxygens (including phenoxy) is 2. The molecule has 0 aromatic heterocycles. The Morgan fingerprint density at radius 2 is 1.20 bits per heavy atom. The topological polar surface area (TPSA) is 21.7 Å². The van der Waals surface area contributed by atoms with Crippen LogP contribution in [0.4, 0.5) is 17.1 Å². The van der Waals surface area contributed by atoms with Gasteiger partial charge in [0.1, 0.15) is 0 Å². The predicted octanol–water partition coefficient (Wildman–Crippen LogP) is 12.8. The van der Waals surface area contributed by atoms with Crippen molar-refractivity contribution in [3.8, 4) is 56.0 Å². The fourth-order valence-electron chi connectivity index (χ4n) is 9.02. The van der Waals surface area contributed by atoms with E-state index in [2.05, 4.69) is 164 Å². The average Bonchev–Trinajstić information content (AvgIpc) is 3.85. The van der Waals surface area contributed by atoms with Gasteiger partial charge in [-0.3, -0.25) is 0 Å². The highest BCUT2D eigenvalue weighted by Gasteiger charge is 2.39. The maximum Gasteiger partial charge on any atom is 0.231 e. The number of nitrogens with zero attached hydrogens (tertiary/aromatic N) is 1. The molecule has 0 N–H and O–H groups in total. The summed E-state index contributed by atoms with van der Waals surface area (Å²) in [6, 6.07) is 55.6. The molecule has 0 bridgehead atoms. The molecule has 0 saturated carbocycles. The third-order valence-electron chi connectivity index (χ3n) is 11.4. The molecule has 11 rings (SSSR count). The maximum absolute atomic E-state index is 6.19. The first kappa shape index (κ1) is 28.5. The van der Waals surface area contributed by atoms with Crippen molar-refractivity contribution in [3.05, 3.63) is 163 Å². The third-order valence-corrected chi connectivity index (χ3v) is 11.4. The molecule has 3 heteroatoms. The Kier molecular flexibility index (Phi) is 5.79. The van der Waals surface area contributed by atoms with Crippen LogP contribution in [-0.2, 0) is 5.41 Å². The number of anilines is 3. The normalized spacial score (nSPS) is 14.1. The second kappa shape index (κ2) is 10.3. The van der Waals surface area contributed by atoms with Crippen LogP contribution in [0.25, 0.3) is 66.1 Å². The van der Waals surface area contributed by atoms with Crippen molar-refractivity contribution < 1.29 is 9.47 Å². The van der Waals surface area contributed by atoms with Crippen molar-refractivity contribution in [2.75, 3.05) is 11.7 Å². The third kappa shape index (κ3) is 3.95. The van der Waals surface area contributed by atoms with Crippen molar-refractivity contribution in [1.29, 1.82) is 0 Å². The van der Waals surface area contributed by atoms with E-state index < -0.39 is 0 Å². The molecule has 242 valence electrons. The maximum atomic E-state index is 6.19. The van der Waals surface area contributed by atoms with Crippen LogP contribution in [0, 0.1) is 0 Å². The molecule has 0 unspecified atom stereocenters. The van der Waals surface area contributed by atoms with E-state index in [1.54, 1.807) is 0 Å². The highest BCUT2D eigenvalue weighted by atomic mass is 16.7. The van der Waals surface area contributed by atoms with E-state index in [9.17, 15) is 0 Å². The minimum Gasteiger partial charge on any atom is -0.454 e. The van der Waals surface area contributed by atoms with Crippen LogP contribution >= 0.6 is 0 Å². The number of hydrogen-bond acceptors (Lipinski definition) is 3. The molecule has 51 heavy (non-hydrogen) atoms. The molecule has 1 heterocycles. The van der Waals surface area contributed by atoms with Gasteiger partial charge in [0.05, 0.1) is 5.69 Å². The number of para-hydroxylation sites is 1. The zero-order valence-electron chi connectivity index (χ0n) is 28.4. The van der Waals surface area contributed by atoms with Crippen LogP contribution in [0.5, 0.6) is 11.5 Å². The molecule has 8 aromatic carbocycles. The van der Waals surface area contributed by atoms with Gasteiger partial charge in [0, 0.05) is 27.7 Å². The van der Waals surface area contributed by atoms with Crippen molar-refractivity contribution in [2.24, 2.45) is 0 Å². The lowest BCUT2D eigenvalue weighted by molar-refractivity contribution is 0.174. The van der Waals surface area contributed by atoms with Gasteiger partial charge < -0.3 is 14.4 Å². The van der Waals surface area contributed by atoms with Crippen LogP contribution in [0.3, 0.4) is 0 Å². The van der Waals surface area contributed by atoms with E-state index in [1.807, 2.05) is 6.07 Å². The fraction of sp³-hybridized carbons (Fsp3) is 0.0833. The van der Waals surface area contributed by atoms with Gasteiger partial charge in [-0.15, -0.1) is 0 Å². The summed E-state index contributed by atoms with van der Waals surface area (Å²) in [5.41, 5.74) is 15.7. The summed E-state index contributed by atoms with van der Waals surface area (Å²) < 4.78 is 12.1. The SMILES string of the molecule is CC1(C)c2ccccc2-c2c(-c3cccc4c3OCO4)cc(N(c3ccc4ccccc4c3)c3ccc4c5c(cccc35)-c3ccccc3-4)cc21. The van der Waals surface area contributed by atoms with Crippen LogP contribution < -0.4 is 14.4 Å². The van der Waals surface area contributed by atoms with E-state index in [0.29, 0.717) is 0 Å². The number of hydrogen-bond donors (Lipinski definition) is 0. The first-order valence-electron chi connectivity index (χ1n) is 17.7. The summed E-state index contributed by atoms with van der Waals surface area (Å²) in [5, 5.41) is 4.97. The van der Waals surface area contributed by atoms with Gasteiger partial charge in [-0.05, 0) is 103 Å². The smallest absolute Gasteiger partial charge is 0.231 e. The second-order valence-corrected chi connectivity index (χ2v) is 14.4. The largest absolute Gasteiger partial charge is 0.454 e. The number of benzene rings is 8. The van der Waals surface area contributed by atoms with Crippen molar-refractivity contribution >= 4 is 38.6 Å². The van der Waals surface area contributed by atoms with Crippen LogP contribution in [0.2, 0.25) is 0 Å². The number of fused-ring (bicyclic) bond motifs is 8. The number of rotatable bonds is 4. The molecule has 1 aliphatic heterocycles. The molecule has 3 aliphatic rings. The Bertz CT molecular complexity index is 2750. The van der Waals surface area contributed by atoms with Gasteiger partial charge >= 0.3 is 0 Å². The quantitative estimate of drug-likeness (QED) is 0.188. The first-order valence-corrected chi connectivity index (χ1v) is 17.7. The lowest BCUT2D eigenvalue weighted by Crippen LogP contribution is -2.17. The Morgan fingerprint density at radius 3 is 2.06 bits per heavy atom. The van der Waals surface area contributed by atoms with Gasteiger partial charge in [-0.2, -0.15) is 0 Å². The van der Waals surface area contributed by atoms with Crippen molar-refractivity contribution in [3.63, 3.8) is 0 Å². The monoisotopic (exact) mass is 655 g/mol. The molecular formula is C48H33NO2. The lowest BCUT2D eigenvalue weighted by Gasteiger charge is -2.30. The van der Waals surface area contributed by atoms with Crippen LogP contribution in [0.1, 0.15) is 25.0 Å². The molecule has 0 fully saturated rings. The minimum absolute atomic E-state index is 0.218. The van der Waals surface area contributed by atoms with Crippen molar-refractivity contribution in [2.45, 2.75) is 19.3 Å². The van der Waals surface area contributed by atoms with Gasteiger partial charge in [-0.25, -0.2) is 0 Å². The standard InChI is InChI=1S/C48H33NO2/c1-48(2)41-19-8-7-15-38(41)46-40(37-17-10-20-44-47(37)51-28-50-44)26-32(27-42(46)48)49(31-22-21-29-11-3-4-12-30(29)25-31)43-24-23-36-34-14-6-5-13-33(34)35-16-9-18-39(43)45(35)36/h3-27H,28H2,1-2H3. The lowest BCUT2D eigenvalue weighted by atomic mass is 9.81. The summed E-state index contributed by atoms with van der Waals surface area (Å²) in [6.07, 6.45) is 0. The molecule has 0 amide bonds. The fourth-order valence-corrected chi connectivity index (χ4v) is 9.02. The molecule has 8 aromatic rings. The van der Waals surface area contributed by atoms with Gasteiger partial charge in [0.25, 0.3) is 0 Å². The molecule has 0 atom stereocenters. The summed E-state index contributed by atoms with van der Waals surface area (Å²) in [4.78, 5) is 2.47. The van der Waals surface area contributed by atoms with Crippen LogP contribution in [0.15, 0.2) is 152 Å². The van der Waals surface area contributed by atoms with Crippen LogP contribution in [-0.4, -0.2) is 6.79 Å². The second-order valence-electron chi connectivity index (χ2n) is 14.4. The summed E-state index contributed by atoms with van der Waals surface area (Å²) in [5.74, 6) is 1.59. The highest BCUT2D eigenvalue weighted by molar-refractivity contribution is 6.19. The average molecular weight is 656 g/mol. The van der Waals surface area contributed by atoms with Gasteiger partial charge in [0.2, 0.25) is 6.79 Å². The zero-order valence-corrected chi connectivity index (χ0v) is 28.4. The summed E-state index contributed by atoms with van der Waals surface area (Å²) in [6.45, 7) is 4.94. The molecule has 2 aliphatic carbocycles.